The van der Waals surface area contributed by atoms with Crippen molar-refractivity contribution in [1.29, 1.82) is 0 Å². The number of methoxy groups -OCH3 is 1. The molecule has 2 heterocycles. The number of ether oxygens (including phenoxy) is 3. The summed E-state index contributed by atoms with van der Waals surface area (Å²) in [6.45, 7) is 5.32. The van der Waals surface area contributed by atoms with E-state index in [1.807, 2.05) is 0 Å². The van der Waals surface area contributed by atoms with Crippen LogP contribution in [-0.4, -0.2) is 77.4 Å². The van der Waals surface area contributed by atoms with E-state index in [9.17, 15) is 19.8 Å². The predicted molar refractivity (Wildman–Crippen MR) is 78.6 cm³/mol. The first-order valence-electron chi connectivity index (χ1n) is 7.69. The van der Waals surface area contributed by atoms with Gasteiger partial charge in [0.15, 0.2) is 6.04 Å². The first-order valence-corrected chi connectivity index (χ1v) is 7.69. The van der Waals surface area contributed by atoms with Crippen molar-refractivity contribution in [3.05, 3.63) is 0 Å². The quantitative estimate of drug-likeness (QED) is 0.647. The fourth-order valence-electron chi connectivity index (χ4n) is 3.02. The van der Waals surface area contributed by atoms with Crippen LogP contribution in [0.25, 0.3) is 0 Å². The summed E-state index contributed by atoms with van der Waals surface area (Å²) in [5, 5.41) is 19.6. The fraction of sp³-hybridized carbons (Fsp3) is 0.867. The lowest BCUT2D eigenvalue weighted by Gasteiger charge is -2.29. The zero-order valence-electron chi connectivity index (χ0n) is 13.9. The van der Waals surface area contributed by atoms with Crippen LogP contribution in [0.15, 0.2) is 0 Å². The number of esters is 1. The topological polar surface area (TPSA) is 106 Å². The van der Waals surface area contributed by atoms with Gasteiger partial charge in [-0.05, 0) is 27.2 Å². The van der Waals surface area contributed by atoms with Crippen molar-refractivity contribution in [3.63, 3.8) is 0 Å². The van der Waals surface area contributed by atoms with Gasteiger partial charge in [-0.2, -0.15) is 0 Å². The van der Waals surface area contributed by atoms with E-state index in [4.69, 9.17) is 14.2 Å². The van der Waals surface area contributed by atoms with E-state index in [-0.39, 0.29) is 25.5 Å². The minimum Gasteiger partial charge on any atom is -0.467 e. The number of aliphatic hydroxyl groups is 2. The zero-order valence-corrected chi connectivity index (χ0v) is 13.9. The molecule has 0 saturated carbocycles. The van der Waals surface area contributed by atoms with Gasteiger partial charge in [0.1, 0.15) is 11.7 Å². The number of fused-ring (bicyclic) bond motifs is 1. The van der Waals surface area contributed by atoms with Gasteiger partial charge < -0.3 is 24.4 Å². The zero-order chi connectivity index (χ0) is 17.4. The third-order valence-corrected chi connectivity index (χ3v) is 4.06. The lowest BCUT2D eigenvalue weighted by Crippen LogP contribution is -2.48. The van der Waals surface area contributed by atoms with Crippen molar-refractivity contribution >= 4 is 12.1 Å². The van der Waals surface area contributed by atoms with Crippen LogP contribution in [-0.2, 0) is 19.0 Å². The highest BCUT2D eigenvalue weighted by Crippen LogP contribution is 2.34. The maximum Gasteiger partial charge on any atom is 0.411 e. The van der Waals surface area contributed by atoms with Crippen molar-refractivity contribution in [1.82, 2.24) is 4.90 Å². The average molecular weight is 331 g/mol. The third-order valence-electron chi connectivity index (χ3n) is 4.06. The molecular formula is C15H25NO7. The van der Waals surface area contributed by atoms with Crippen molar-refractivity contribution in [2.24, 2.45) is 5.92 Å². The summed E-state index contributed by atoms with van der Waals surface area (Å²) < 4.78 is 15.7. The number of aliphatic hydroxyl groups excluding tert-OH is 2. The second-order valence-electron chi connectivity index (χ2n) is 7.03. The average Bonchev–Trinajstić information content (AvgIpc) is 2.74. The molecule has 2 unspecified atom stereocenters. The number of likely N-dealkylation sites (tertiary alicyclic amines) is 1. The molecule has 8 heteroatoms. The van der Waals surface area contributed by atoms with E-state index < -0.39 is 42.0 Å². The first-order chi connectivity index (χ1) is 10.6. The normalized spacial score (nSPS) is 34.5. The van der Waals surface area contributed by atoms with Gasteiger partial charge >= 0.3 is 12.1 Å². The Bertz CT molecular complexity index is 461. The lowest BCUT2D eigenvalue weighted by atomic mass is 9.95. The maximum atomic E-state index is 12.4. The number of carbonyl (C=O) groups is 2. The molecule has 5 atom stereocenters. The standard InChI is InChI=1S/C15H25NO7/c1-15(2,3)23-14(20)16-6-8-5-9(17)10(18)7-22-12(8)11(16)13(19)21-4/h8-12,17-18H,5-7H2,1-4H3/t8-,9+,10-,11?,12?/m0/s1. The molecule has 0 bridgehead atoms. The second kappa shape index (κ2) is 6.62. The predicted octanol–water partition coefficient (Wildman–Crippen LogP) is -0.0944. The van der Waals surface area contributed by atoms with E-state index in [1.54, 1.807) is 20.8 Å². The molecule has 2 aliphatic rings. The molecule has 2 saturated heterocycles. The van der Waals surface area contributed by atoms with Crippen molar-refractivity contribution in [3.8, 4) is 0 Å². The molecule has 2 N–H and O–H groups in total. The van der Waals surface area contributed by atoms with E-state index in [0.29, 0.717) is 0 Å². The van der Waals surface area contributed by atoms with E-state index in [2.05, 4.69) is 0 Å². The number of hydrogen-bond donors (Lipinski definition) is 2. The molecule has 23 heavy (non-hydrogen) atoms. The summed E-state index contributed by atoms with van der Waals surface area (Å²) in [6, 6.07) is -0.947. The first kappa shape index (κ1) is 18.0. The Balaban J connectivity index is 2.23. The molecule has 0 aromatic heterocycles. The summed E-state index contributed by atoms with van der Waals surface area (Å²) in [5.41, 5.74) is -0.695. The monoisotopic (exact) mass is 331 g/mol. The van der Waals surface area contributed by atoms with Gasteiger partial charge in [-0.25, -0.2) is 9.59 Å². The number of nitrogens with zero attached hydrogens (tertiary/aromatic N) is 1. The van der Waals surface area contributed by atoms with Gasteiger partial charge in [0, 0.05) is 12.5 Å². The van der Waals surface area contributed by atoms with E-state index in [0.717, 1.165) is 0 Å². The molecule has 2 fully saturated rings. The summed E-state index contributed by atoms with van der Waals surface area (Å²) in [6.07, 6.45) is -2.99. The fourth-order valence-corrected chi connectivity index (χ4v) is 3.02. The van der Waals surface area contributed by atoms with E-state index in [1.165, 1.54) is 12.0 Å². The van der Waals surface area contributed by atoms with Crippen LogP contribution in [0.4, 0.5) is 4.79 Å². The number of carbonyl (C=O) groups excluding carboxylic acids is 2. The highest BCUT2D eigenvalue weighted by atomic mass is 16.6. The van der Waals surface area contributed by atoms with Crippen molar-refractivity contribution in [2.75, 3.05) is 20.3 Å². The molecule has 132 valence electrons. The number of rotatable bonds is 1. The SMILES string of the molecule is COC(=O)C1C2OC[C@H](O)[C@H](O)C[C@H]2CN1C(=O)OC(C)(C)C. The molecule has 2 rings (SSSR count). The second-order valence-corrected chi connectivity index (χ2v) is 7.03. The number of amides is 1. The van der Waals surface area contributed by atoms with Gasteiger partial charge in [-0.15, -0.1) is 0 Å². The van der Waals surface area contributed by atoms with Crippen LogP contribution in [0.2, 0.25) is 0 Å². The lowest BCUT2D eigenvalue weighted by molar-refractivity contribution is -0.151. The molecule has 8 nitrogen and oxygen atoms in total. The van der Waals surface area contributed by atoms with Gasteiger partial charge in [0.2, 0.25) is 0 Å². The maximum absolute atomic E-state index is 12.4. The van der Waals surface area contributed by atoms with Crippen LogP contribution in [0.5, 0.6) is 0 Å². The van der Waals surface area contributed by atoms with Crippen LogP contribution >= 0.6 is 0 Å². The van der Waals surface area contributed by atoms with Gasteiger partial charge in [-0.1, -0.05) is 0 Å². The summed E-state index contributed by atoms with van der Waals surface area (Å²) >= 11 is 0. The Labute approximate surface area is 135 Å². The molecule has 0 aromatic carbocycles. The van der Waals surface area contributed by atoms with Gasteiger partial charge in [-0.3, -0.25) is 4.90 Å². The van der Waals surface area contributed by atoms with E-state index >= 15 is 0 Å². The van der Waals surface area contributed by atoms with Gasteiger partial charge in [0.05, 0.1) is 25.9 Å². The van der Waals surface area contributed by atoms with Crippen molar-refractivity contribution < 1.29 is 34.0 Å². The smallest absolute Gasteiger partial charge is 0.411 e. The molecule has 2 aliphatic heterocycles. The Kier molecular flexibility index (Phi) is 5.17. The molecule has 0 spiro atoms. The molecule has 0 radical (unpaired) electrons. The Hall–Kier alpha value is -1.38. The number of hydrogen-bond acceptors (Lipinski definition) is 7. The van der Waals surface area contributed by atoms with Crippen molar-refractivity contribution in [2.45, 2.75) is 57.1 Å². The Morgan fingerprint density at radius 2 is 1.87 bits per heavy atom. The molecule has 0 aromatic rings. The van der Waals surface area contributed by atoms with Crippen LogP contribution in [0.1, 0.15) is 27.2 Å². The summed E-state index contributed by atoms with van der Waals surface area (Å²) in [5.74, 6) is -0.881. The summed E-state index contributed by atoms with van der Waals surface area (Å²) in [7, 11) is 1.24. The molecule has 1 amide bonds. The third kappa shape index (κ3) is 3.94. The van der Waals surface area contributed by atoms with Gasteiger partial charge in [0.25, 0.3) is 0 Å². The Morgan fingerprint density at radius 1 is 1.22 bits per heavy atom. The van der Waals surface area contributed by atoms with Crippen LogP contribution in [0, 0.1) is 5.92 Å². The molecule has 0 aliphatic carbocycles. The minimum atomic E-state index is -1.01. The Morgan fingerprint density at radius 3 is 2.43 bits per heavy atom. The minimum absolute atomic E-state index is 0.0992. The van der Waals surface area contributed by atoms with Crippen LogP contribution in [0.3, 0.4) is 0 Å². The largest absolute Gasteiger partial charge is 0.467 e. The summed E-state index contributed by atoms with van der Waals surface area (Å²) in [4.78, 5) is 25.8. The highest BCUT2D eigenvalue weighted by molar-refractivity contribution is 5.83. The molecular weight excluding hydrogens is 306 g/mol. The highest BCUT2D eigenvalue weighted by Gasteiger charge is 2.52. The van der Waals surface area contributed by atoms with Crippen LogP contribution < -0.4 is 0 Å².